The predicted molar refractivity (Wildman–Crippen MR) is 112 cm³/mol. The van der Waals surface area contributed by atoms with Crippen LogP contribution in [0, 0.1) is 5.92 Å². The van der Waals surface area contributed by atoms with Crippen molar-refractivity contribution in [2.24, 2.45) is 5.92 Å². The lowest BCUT2D eigenvalue weighted by Gasteiger charge is -2.33. The first-order valence-electron chi connectivity index (χ1n) is 10.8. The standard InChI is InChI=1S/C21H36BNO7/c1-7-8-13-28-18(26)23-15-16(14-21(23,10-12-24)17(25)27-6)9-11-22-29-19(2,3)20(4,5)30-22/h12,16H,7-11,13-15H2,1-6H3. The Labute approximate surface area is 180 Å². The van der Waals surface area contributed by atoms with Gasteiger partial charge in [0, 0.05) is 13.0 Å². The van der Waals surface area contributed by atoms with E-state index >= 15 is 0 Å². The van der Waals surface area contributed by atoms with Crippen LogP contribution in [0.4, 0.5) is 4.79 Å². The van der Waals surface area contributed by atoms with Crippen molar-refractivity contribution >= 4 is 25.5 Å². The zero-order valence-corrected chi connectivity index (χ0v) is 19.2. The molecule has 0 N–H and O–H groups in total. The Kier molecular flexibility index (Phi) is 7.96. The first-order chi connectivity index (χ1) is 14.0. The van der Waals surface area contributed by atoms with Crippen molar-refractivity contribution in [3.05, 3.63) is 0 Å². The quantitative estimate of drug-likeness (QED) is 0.242. The van der Waals surface area contributed by atoms with Crippen LogP contribution in [-0.2, 0) is 28.4 Å². The minimum Gasteiger partial charge on any atom is -0.467 e. The third-order valence-corrected chi connectivity index (χ3v) is 6.63. The first-order valence-corrected chi connectivity index (χ1v) is 10.8. The zero-order valence-electron chi connectivity index (χ0n) is 19.2. The van der Waals surface area contributed by atoms with Crippen LogP contribution >= 0.6 is 0 Å². The Bertz CT molecular complexity index is 623. The van der Waals surface area contributed by atoms with Gasteiger partial charge in [-0.2, -0.15) is 0 Å². The van der Waals surface area contributed by atoms with Crippen molar-refractivity contribution in [1.29, 1.82) is 0 Å². The van der Waals surface area contributed by atoms with Crippen LogP contribution in [0.25, 0.3) is 0 Å². The van der Waals surface area contributed by atoms with Crippen LogP contribution in [0.2, 0.25) is 6.32 Å². The summed E-state index contributed by atoms with van der Waals surface area (Å²) < 4.78 is 22.5. The lowest BCUT2D eigenvalue weighted by Crippen LogP contribution is -2.54. The number of aldehydes is 1. The third-order valence-electron chi connectivity index (χ3n) is 6.63. The van der Waals surface area contributed by atoms with Crippen LogP contribution in [0.15, 0.2) is 0 Å². The van der Waals surface area contributed by atoms with Gasteiger partial charge >= 0.3 is 19.2 Å². The largest absolute Gasteiger partial charge is 0.467 e. The van der Waals surface area contributed by atoms with Gasteiger partial charge in [-0.25, -0.2) is 9.59 Å². The number of hydrogen-bond donors (Lipinski definition) is 0. The summed E-state index contributed by atoms with van der Waals surface area (Å²) in [5, 5.41) is 0. The number of hydrogen-bond acceptors (Lipinski definition) is 7. The molecule has 2 rings (SSSR count). The molecule has 0 aromatic carbocycles. The van der Waals surface area contributed by atoms with E-state index in [-0.39, 0.29) is 26.1 Å². The summed E-state index contributed by atoms with van der Waals surface area (Å²) in [6.45, 7) is 10.6. The average molecular weight is 425 g/mol. The number of amides is 1. The molecule has 2 atom stereocenters. The molecule has 2 aliphatic rings. The number of methoxy groups -OCH3 is 1. The molecule has 2 saturated heterocycles. The fraction of sp³-hybridized carbons (Fsp3) is 0.857. The van der Waals surface area contributed by atoms with E-state index in [9.17, 15) is 14.4 Å². The molecule has 0 spiro atoms. The molecular formula is C21H36BNO7. The summed E-state index contributed by atoms with van der Waals surface area (Å²) in [4.78, 5) is 38.2. The van der Waals surface area contributed by atoms with Crippen LogP contribution in [-0.4, -0.2) is 67.4 Å². The first kappa shape index (κ1) is 24.7. The van der Waals surface area contributed by atoms with Crippen LogP contribution in [0.3, 0.4) is 0 Å². The summed E-state index contributed by atoms with van der Waals surface area (Å²) in [5.41, 5.74) is -2.13. The highest BCUT2D eigenvalue weighted by Gasteiger charge is 2.55. The molecule has 30 heavy (non-hydrogen) atoms. The molecule has 170 valence electrons. The van der Waals surface area contributed by atoms with E-state index < -0.39 is 28.8 Å². The van der Waals surface area contributed by atoms with Gasteiger partial charge in [-0.3, -0.25) is 4.90 Å². The molecule has 0 radical (unpaired) electrons. The molecule has 2 fully saturated rings. The van der Waals surface area contributed by atoms with Gasteiger partial charge in [0.15, 0.2) is 5.54 Å². The normalized spacial score (nSPS) is 27.2. The number of rotatable bonds is 9. The summed E-state index contributed by atoms with van der Waals surface area (Å²) in [6.07, 6.45) is 3.27. The van der Waals surface area contributed by atoms with E-state index in [1.165, 1.54) is 12.0 Å². The Morgan fingerprint density at radius 3 is 2.37 bits per heavy atom. The molecule has 0 bridgehead atoms. The zero-order chi connectivity index (χ0) is 22.6. The summed E-state index contributed by atoms with van der Waals surface area (Å²) >= 11 is 0. The summed E-state index contributed by atoms with van der Waals surface area (Å²) in [5.74, 6) is -0.582. The van der Waals surface area contributed by atoms with Gasteiger partial charge in [-0.15, -0.1) is 0 Å². The van der Waals surface area contributed by atoms with E-state index in [1.807, 2.05) is 34.6 Å². The second kappa shape index (κ2) is 9.68. The molecule has 0 aliphatic carbocycles. The second-order valence-electron chi connectivity index (χ2n) is 9.31. The van der Waals surface area contributed by atoms with Crippen molar-refractivity contribution < 1.29 is 33.2 Å². The van der Waals surface area contributed by atoms with Crippen molar-refractivity contribution in [2.75, 3.05) is 20.3 Å². The van der Waals surface area contributed by atoms with E-state index in [2.05, 4.69) is 0 Å². The molecule has 8 nitrogen and oxygen atoms in total. The highest BCUT2D eigenvalue weighted by molar-refractivity contribution is 6.45. The van der Waals surface area contributed by atoms with Crippen molar-refractivity contribution in [2.45, 2.75) is 89.8 Å². The highest BCUT2D eigenvalue weighted by Crippen LogP contribution is 2.42. The van der Waals surface area contributed by atoms with Gasteiger partial charge in [0.25, 0.3) is 0 Å². The van der Waals surface area contributed by atoms with Crippen molar-refractivity contribution in [1.82, 2.24) is 4.90 Å². The van der Waals surface area contributed by atoms with Gasteiger partial charge in [0.05, 0.1) is 24.9 Å². The maximum Gasteiger partial charge on any atom is 0.457 e. The van der Waals surface area contributed by atoms with Gasteiger partial charge in [-0.05, 0) is 52.8 Å². The van der Waals surface area contributed by atoms with E-state index in [4.69, 9.17) is 18.8 Å². The maximum absolute atomic E-state index is 12.7. The highest BCUT2D eigenvalue weighted by atomic mass is 16.7. The number of nitrogens with zero attached hydrogens (tertiary/aromatic N) is 1. The second-order valence-corrected chi connectivity index (χ2v) is 9.31. The Morgan fingerprint density at radius 1 is 1.20 bits per heavy atom. The van der Waals surface area contributed by atoms with Crippen molar-refractivity contribution in [3.63, 3.8) is 0 Å². The number of carbonyl (C=O) groups is 3. The van der Waals surface area contributed by atoms with E-state index in [0.717, 1.165) is 12.8 Å². The Balaban J connectivity index is 2.10. The lowest BCUT2D eigenvalue weighted by molar-refractivity contribution is -0.154. The van der Waals surface area contributed by atoms with Gasteiger partial charge in [0.1, 0.15) is 6.29 Å². The molecule has 1 amide bonds. The molecule has 0 aromatic heterocycles. The summed E-state index contributed by atoms with van der Waals surface area (Å²) in [7, 11) is 0.923. The minimum absolute atomic E-state index is 0.00167. The van der Waals surface area contributed by atoms with Gasteiger partial charge in [-0.1, -0.05) is 19.8 Å². The minimum atomic E-state index is -1.32. The van der Waals surface area contributed by atoms with E-state index in [0.29, 0.717) is 32.0 Å². The number of esters is 1. The fourth-order valence-corrected chi connectivity index (χ4v) is 4.16. The Morgan fingerprint density at radius 2 is 1.83 bits per heavy atom. The summed E-state index contributed by atoms with van der Waals surface area (Å²) in [6, 6.07) is 0. The molecular weight excluding hydrogens is 389 g/mol. The lowest BCUT2D eigenvalue weighted by atomic mass is 9.78. The number of carbonyl (C=O) groups excluding carboxylic acids is 3. The van der Waals surface area contributed by atoms with Crippen LogP contribution < -0.4 is 0 Å². The number of ether oxygens (including phenoxy) is 2. The van der Waals surface area contributed by atoms with Crippen LogP contribution in [0.1, 0.15) is 66.7 Å². The third kappa shape index (κ3) is 4.99. The molecule has 0 aromatic rings. The fourth-order valence-electron chi connectivity index (χ4n) is 4.16. The topological polar surface area (TPSA) is 91.4 Å². The monoisotopic (exact) mass is 425 g/mol. The number of unbranched alkanes of at least 4 members (excludes halogenated alkanes) is 1. The Hall–Kier alpha value is -1.61. The molecule has 9 heteroatoms. The maximum atomic E-state index is 12.7. The molecule has 2 aliphatic heterocycles. The smallest absolute Gasteiger partial charge is 0.457 e. The van der Waals surface area contributed by atoms with Crippen LogP contribution in [0.5, 0.6) is 0 Å². The van der Waals surface area contributed by atoms with E-state index in [1.54, 1.807) is 0 Å². The van der Waals surface area contributed by atoms with Gasteiger partial charge in [0.2, 0.25) is 0 Å². The van der Waals surface area contributed by atoms with Crippen molar-refractivity contribution in [3.8, 4) is 0 Å². The average Bonchev–Trinajstić information content (AvgIpc) is 3.14. The molecule has 0 saturated carbocycles. The van der Waals surface area contributed by atoms with Gasteiger partial charge < -0.3 is 23.6 Å². The molecule has 2 unspecified atom stereocenters. The predicted octanol–water partition coefficient (Wildman–Crippen LogP) is 3.23. The molecule has 2 heterocycles. The SMILES string of the molecule is CCCCOC(=O)N1CC(CCB2OC(C)(C)C(C)(C)O2)CC1(CC=O)C(=O)OC. The number of likely N-dealkylation sites (tertiary alicyclic amines) is 1.